The fraction of sp³-hybridized carbons (Fsp3) is 0.478. The third-order valence-corrected chi connectivity index (χ3v) is 6.24. The molecule has 1 fully saturated rings. The van der Waals surface area contributed by atoms with Crippen molar-refractivity contribution >= 4 is 0 Å². The number of morpholine rings is 1. The van der Waals surface area contributed by atoms with Crippen LogP contribution in [0, 0.1) is 5.92 Å². The molecule has 0 unspecified atom stereocenters. The van der Waals surface area contributed by atoms with Gasteiger partial charge in [0, 0.05) is 48.2 Å². The van der Waals surface area contributed by atoms with Crippen LogP contribution < -0.4 is 23.7 Å². The Morgan fingerprint density at radius 2 is 1.67 bits per heavy atom. The van der Waals surface area contributed by atoms with Gasteiger partial charge in [0.25, 0.3) is 0 Å². The molecule has 0 spiro atoms. The van der Waals surface area contributed by atoms with Crippen molar-refractivity contribution in [2.75, 3.05) is 47.3 Å². The smallest absolute Gasteiger partial charge is 0.231 e. The fourth-order valence-corrected chi connectivity index (χ4v) is 4.73. The molecule has 3 heterocycles. The molecule has 1 saturated heterocycles. The van der Waals surface area contributed by atoms with Gasteiger partial charge in [0.15, 0.2) is 17.7 Å². The van der Waals surface area contributed by atoms with Gasteiger partial charge in [-0.15, -0.1) is 0 Å². The van der Waals surface area contributed by atoms with Crippen molar-refractivity contribution in [1.82, 2.24) is 4.90 Å². The van der Waals surface area contributed by atoms with Crippen LogP contribution in [0.4, 0.5) is 0 Å². The first-order valence-electron chi connectivity index (χ1n) is 10.3. The van der Waals surface area contributed by atoms with Crippen molar-refractivity contribution in [3.8, 4) is 28.7 Å². The van der Waals surface area contributed by atoms with Crippen LogP contribution in [0.15, 0.2) is 30.3 Å². The Balaban J connectivity index is 1.62. The maximum atomic E-state index is 6.55. The molecule has 3 atom stereocenters. The first kappa shape index (κ1) is 19.3. The van der Waals surface area contributed by atoms with Gasteiger partial charge in [0.05, 0.1) is 27.4 Å². The van der Waals surface area contributed by atoms with E-state index in [1.54, 1.807) is 14.2 Å². The van der Waals surface area contributed by atoms with Gasteiger partial charge in [-0.05, 0) is 12.1 Å². The van der Waals surface area contributed by atoms with E-state index in [2.05, 4.69) is 24.0 Å². The summed E-state index contributed by atoms with van der Waals surface area (Å²) in [4.78, 5) is 2.37. The molecule has 3 aliphatic heterocycles. The molecule has 0 aromatic heterocycles. The normalized spacial score (nSPS) is 25.4. The lowest BCUT2D eigenvalue weighted by molar-refractivity contribution is -0.0785. The topological polar surface area (TPSA) is 58.6 Å². The molecule has 0 N–H and O–H groups in total. The molecule has 0 bridgehead atoms. The highest BCUT2D eigenvalue weighted by atomic mass is 16.7. The van der Waals surface area contributed by atoms with Gasteiger partial charge in [0.2, 0.25) is 6.79 Å². The summed E-state index contributed by atoms with van der Waals surface area (Å²) in [5.74, 6) is 4.13. The number of benzene rings is 2. The number of ether oxygens (including phenoxy) is 6. The summed E-state index contributed by atoms with van der Waals surface area (Å²) in [6.45, 7) is 5.61. The third-order valence-electron chi connectivity index (χ3n) is 6.24. The molecule has 3 aliphatic rings. The molecule has 160 valence electrons. The van der Waals surface area contributed by atoms with Crippen LogP contribution >= 0.6 is 0 Å². The van der Waals surface area contributed by atoms with E-state index in [-0.39, 0.29) is 24.9 Å². The first-order chi connectivity index (χ1) is 14.7. The minimum atomic E-state index is -0.0708. The van der Waals surface area contributed by atoms with Crippen molar-refractivity contribution in [3.63, 3.8) is 0 Å². The minimum Gasteiger partial charge on any atom is -0.497 e. The second-order valence-electron chi connectivity index (χ2n) is 7.84. The van der Waals surface area contributed by atoms with Crippen molar-refractivity contribution in [3.05, 3.63) is 41.5 Å². The van der Waals surface area contributed by atoms with Gasteiger partial charge < -0.3 is 28.4 Å². The van der Waals surface area contributed by atoms with Gasteiger partial charge in [-0.25, -0.2) is 0 Å². The highest BCUT2D eigenvalue weighted by Crippen LogP contribution is 2.51. The maximum Gasteiger partial charge on any atom is 0.231 e. The Hall–Kier alpha value is -2.64. The summed E-state index contributed by atoms with van der Waals surface area (Å²) in [6.07, 6.45) is -0.0708. The van der Waals surface area contributed by atoms with E-state index >= 15 is 0 Å². The SMILES string of the molecule is COc1ccc([C@H]2c3cc4c(cc3O[C@@H](N3CCOCC3)[C@@H]2C)OCO4)c(OC)c1. The number of hydrogen-bond acceptors (Lipinski definition) is 7. The van der Waals surface area contributed by atoms with Crippen LogP contribution in [-0.2, 0) is 4.74 Å². The molecule has 0 amide bonds. The van der Waals surface area contributed by atoms with Crippen molar-refractivity contribution in [2.45, 2.75) is 19.1 Å². The number of methoxy groups -OCH3 is 2. The quantitative estimate of drug-likeness (QED) is 0.763. The standard InChI is InChI=1S/C23H27NO6/c1-14-22(16-5-4-15(25-2)10-18(16)26-3)17-11-20-21(29-13-28-20)12-19(17)30-23(14)24-6-8-27-9-7-24/h4-5,10-12,14,22-23H,6-9,13H2,1-3H3/t14-,22+,23-/m1/s1. The van der Waals surface area contributed by atoms with Crippen LogP contribution in [0.1, 0.15) is 24.0 Å². The molecule has 5 rings (SSSR count). The average Bonchev–Trinajstić information content (AvgIpc) is 3.25. The molecular formula is C23H27NO6. The lowest BCUT2D eigenvalue weighted by Gasteiger charge is -2.44. The second kappa shape index (κ2) is 7.89. The van der Waals surface area contributed by atoms with E-state index in [1.807, 2.05) is 18.2 Å². The lowest BCUT2D eigenvalue weighted by Crippen LogP contribution is -2.52. The van der Waals surface area contributed by atoms with Crippen molar-refractivity contribution in [1.29, 1.82) is 0 Å². The molecule has 2 aromatic rings. The van der Waals surface area contributed by atoms with Crippen LogP contribution in [0.25, 0.3) is 0 Å². The molecule has 7 nitrogen and oxygen atoms in total. The van der Waals surface area contributed by atoms with Gasteiger partial charge >= 0.3 is 0 Å². The lowest BCUT2D eigenvalue weighted by atomic mass is 9.77. The Morgan fingerprint density at radius 1 is 0.900 bits per heavy atom. The Labute approximate surface area is 176 Å². The molecule has 0 radical (unpaired) electrons. The Morgan fingerprint density at radius 3 is 2.40 bits per heavy atom. The number of fused-ring (bicyclic) bond motifs is 2. The van der Waals surface area contributed by atoms with E-state index in [0.29, 0.717) is 0 Å². The largest absolute Gasteiger partial charge is 0.497 e. The van der Waals surface area contributed by atoms with E-state index in [1.165, 1.54) is 0 Å². The molecule has 7 heteroatoms. The van der Waals surface area contributed by atoms with Crippen molar-refractivity contribution in [2.24, 2.45) is 5.92 Å². The van der Waals surface area contributed by atoms with Gasteiger partial charge in [0.1, 0.15) is 17.2 Å². The van der Waals surface area contributed by atoms with Gasteiger partial charge in [-0.3, -0.25) is 4.90 Å². The van der Waals surface area contributed by atoms with Crippen LogP contribution in [0.3, 0.4) is 0 Å². The number of rotatable bonds is 4. The van der Waals surface area contributed by atoms with Gasteiger partial charge in [-0.2, -0.15) is 0 Å². The third kappa shape index (κ3) is 3.22. The summed E-state index contributed by atoms with van der Waals surface area (Å²) < 4.78 is 34.6. The summed E-state index contributed by atoms with van der Waals surface area (Å²) in [6, 6.07) is 10.0. The zero-order chi connectivity index (χ0) is 20.7. The number of nitrogens with zero attached hydrogens (tertiary/aromatic N) is 1. The van der Waals surface area contributed by atoms with Gasteiger partial charge in [-0.1, -0.05) is 13.0 Å². The highest BCUT2D eigenvalue weighted by Gasteiger charge is 2.42. The first-order valence-corrected chi connectivity index (χ1v) is 10.3. The van der Waals surface area contributed by atoms with Crippen molar-refractivity contribution < 1.29 is 28.4 Å². The zero-order valence-electron chi connectivity index (χ0n) is 17.6. The van der Waals surface area contributed by atoms with Crippen LogP contribution in [-0.4, -0.2) is 58.4 Å². The molecular weight excluding hydrogens is 386 g/mol. The maximum absolute atomic E-state index is 6.55. The summed E-state index contributed by atoms with van der Waals surface area (Å²) in [7, 11) is 3.36. The predicted octanol–water partition coefficient (Wildman–Crippen LogP) is 3.25. The van der Waals surface area contributed by atoms with E-state index in [0.717, 1.165) is 66.2 Å². The minimum absolute atomic E-state index is 0.0666. The zero-order valence-corrected chi connectivity index (χ0v) is 17.6. The van der Waals surface area contributed by atoms with Crippen LogP contribution in [0.2, 0.25) is 0 Å². The monoisotopic (exact) mass is 413 g/mol. The summed E-state index contributed by atoms with van der Waals surface area (Å²) in [5.41, 5.74) is 2.19. The van der Waals surface area contributed by atoms with E-state index < -0.39 is 0 Å². The molecule has 30 heavy (non-hydrogen) atoms. The molecule has 2 aromatic carbocycles. The molecule has 0 aliphatic carbocycles. The summed E-state index contributed by atoms with van der Waals surface area (Å²) in [5, 5.41) is 0. The second-order valence-corrected chi connectivity index (χ2v) is 7.84. The fourth-order valence-electron chi connectivity index (χ4n) is 4.73. The number of hydrogen-bond donors (Lipinski definition) is 0. The summed E-state index contributed by atoms with van der Waals surface area (Å²) >= 11 is 0. The average molecular weight is 413 g/mol. The Bertz CT molecular complexity index is 926. The molecule has 0 saturated carbocycles. The van der Waals surface area contributed by atoms with E-state index in [9.17, 15) is 0 Å². The predicted molar refractivity (Wildman–Crippen MR) is 110 cm³/mol. The Kier molecular flexibility index (Phi) is 5.08. The van der Waals surface area contributed by atoms with E-state index in [4.69, 9.17) is 28.4 Å². The van der Waals surface area contributed by atoms with Crippen LogP contribution in [0.5, 0.6) is 28.7 Å². The highest BCUT2D eigenvalue weighted by molar-refractivity contribution is 5.58.